The Bertz CT molecular complexity index is 209. The van der Waals surface area contributed by atoms with Crippen LogP contribution in [0.1, 0.15) is 22.3 Å². The molecule has 0 nitrogen and oxygen atoms in total. The molecule has 12 heavy (non-hydrogen) atoms. The third-order valence-corrected chi connectivity index (χ3v) is 2.11. The molecule has 0 radical (unpaired) electrons. The van der Waals surface area contributed by atoms with Gasteiger partial charge in [-0.05, 0) is 49.9 Å². The van der Waals surface area contributed by atoms with E-state index in [0.29, 0.717) is 0 Å². The number of hydrogen-bond donors (Lipinski definition) is 0. The minimum Gasteiger partial charge on any atom is -0.106 e. The van der Waals surface area contributed by atoms with Gasteiger partial charge in [0.15, 0.2) is 0 Å². The monoisotopic (exact) mass is 162 g/mol. The molecule has 0 fully saturated rings. The van der Waals surface area contributed by atoms with Crippen LogP contribution in [0.15, 0.2) is 25.3 Å². The van der Waals surface area contributed by atoms with Crippen molar-refractivity contribution >= 4 is 0 Å². The molecule has 0 unspecified atom stereocenters. The lowest BCUT2D eigenvalue weighted by Crippen LogP contribution is -1.86. The van der Waals surface area contributed by atoms with E-state index in [-0.39, 0.29) is 0 Å². The molecule has 0 atom stereocenters. The summed E-state index contributed by atoms with van der Waals surface area (Å²) >= 11 is 0. The summed E-state index contributed by atoms with van der Waals surface area (Å²) in [6.45, 7) is 14.6. The summed E-state index contributed by atoms with van der Waals surface area (Å²) < 4.78 is 0. The molecule has 0 heterocycles. The molecule has 0 saturated heterocycles. The van der Waals surface area contributed by atoms with E-state index < -0.39 is 0 Å². The molecule has 0 saturated carbocycles. The Kier molecular flexibility index (Phi) is 4.35. The predicted molar refractivity (Wildman–Crippen MR) is 56.6 cm³/mol. The number of rotatable bonds is 0. The molecule has 0 aliphatic rings. The van der Waals surface area contributed by atoms with E-state index >= 15 is 0 Å². The van der Waals surface area contributed by atoms with Gasteiger partial charge < -0.3 is 0 Å². The average molecular weight is 162 g/mol. The van der Waals surface area contributed by atoms with Gasteiger partial charge in [0.1, 0.15) is 0 Å². The standard InChI is InChI=1S/C10H14.C2H4/c1-7-5-9(3)10(4)6-8(7)2;1-2/h5-6H,1-4H3;1-2H2. The molecule has 0 aromatic heterocycles. The third-order valence-electron chi connectivity index (χ3n) is 2.11. The number of hydrogen-bond acceptors (Lipinski definition) is 0. The highest BCUT2D eigenvalue weighted by Crippen LogP contribution is 2.13. The number of benzene rings is 1. The molecule has 1 aromatic carbocycles. The highest BCUT2D eigenvalue weighted by molar-refractivity contribution is 5.35. The first-order valence-corrected chi connectivity index (χ1v) is 4.15. The SMILES string of the molecule is C=C.Cc1cc(C)c(C)cc1C. The summed E-state index contributed by atoms with van der Waals surface area (Å²) in [6, 6.07) is 4.48. The van der Waals surface area contributed by atoms with E-state index in [1.165, 1.54) is 22.3 Å². The third kappa shape index (κ3) is 2.54. The molecule has 66 valence electrons. The van der Waals surface area contributed by atoms with Crippen molar-refractivity contribution < 1.29 is 0 Å². The lowest BCUT2D eigenvalue weighted by molar-refractivity contribution is 1.24. The van der Waals surface area contributed by atoms with Crippen LogP contribution in [0.25, 0.3) is 0 Å². The zero-order valence-electron chi connectivity index (χ0n) is 8.57. The van der Waals surface area contributed by atoms with Gasteiger partial charge in [-0.3, -0.25) is 0 Å². The van der Waals surface area contributed by atoms with E-state index in [4.69, 9.17) is 0 Å². The van der Waals surface area contributed by atoms with Crippen molar-refractivity contribution in [2.45, 2.75) is 27.7 Å². The molecule has 1 aromatic rings. The van der Waals surface area contributed by atoms with Crippen molar-refractivity contribution in [2.24, 2.45) is 0 Å². The van der Waals surface area contributed by atoms with E-state index in [2.05, 4.69) is 53.0 Å². The first-order valence-electron chi connectivity index (χ1n) is 4.15. The van der Waals surface area contributed by atoms with Crippen molar-refractivity contribution in [3.63, 3.8) is 0 Å². The molecule has 0 spiro atoms. The van der Waals surface area contributed by atoms with E-state index in [9.17, 15) is 0 Å². The van der Waals surface area contributed by atoms with Crippen LogP contribution in [0, 0.1) is 27.7 Å². The van der Waals surface area contributed by atoms with Crippen LogP contribution >= 0.6 is 0 Å². The molecular weight excluding hydrogens is 144 g/mol. The lowest BCUT2D eigenvalue weighted by atomic mass is 10.0. The Labute approximate surface area is 75.9 Å². The van der Waals surface area contributed by atoms with Crippen LogP contribution in [0.3, 0.4) is 0 Å². The van der Waals surface area contributed by atoms with Crippen LogP contribution in [0.5, 0.6) is 0 Å². The van der Waals surface area contributed by atoms with E-state index in [1.807, 2.05) is 0 Å². The highest BCUT2D eigenvalue weighted by atomic mass is 14.0. The summed E-state index contributed by atoms with van der Waals surface area (Å²) in [5.74, 6) is 0. The second-order valence-corrected chi connectivity index (χ2v) is 3.02. The van der Waals surface area contributed by atoms with Gasteiger partial charge in [-0.1, -0.05) is 12.1 Å². The summed E-state index contributed by atoms with van der Waals surface area (Å²) in [5.41, 5.74) is 5.57. The summed E-state index contributed by atoms with van der Waals surface area (Å²) in [6.07, 6.45) is 0. The van der Waals surface area contributed by atoms with Crippen LogP contribution in [0.2, 0.25) is 0 Å². The van der Waals surface area contributed by atoms with Crippen LogP contribution in [-0.2, 0) is 0 Å². The fraction of sp³-hybridized carbons (Fsp3) is 0.333. The second kappa shape index (κ2) is 4.76. The van der Waals surface area contributed by atoms with Crippen LogP contribution in [-0.4, -0.2) is 0 Å². The molecule has 0 aliphatic carbocycles. The summed E-state index contributed by atoms with van der Waals surface area (Å²) in [5, 5.41) is 0. The van der Waals surface area contributed by atoms with Crippen molar-refractivity contribution in [1.29, 1.82) is 0 Å². The van der Waals surface area contributed by atoms with Gasteiger partial charge in [0.25, 0.3) is 0 Å². The normalized spacial score (nSPS) is 8.67. The second-order valence-electron chi connectivity index (χ2n) is 3.02. The Balaban J connectivity index is 0.000000561. The Hall–Kier alpha value is -1.04. The van der Waals surface area contributed by atoms with Crippen LogP contribution < -0.4 is 0 Å². The molecule has 0 bridgehead atoms. The minimum atomic E-state index is 1.39. The molecule has 0 amide bonds. The molecule has 0 aliphatic heterocycles. The summed E-state index contributed by atoms with van der Waals surface area (Å²) in [7, 11) is 0. The van der Waals surface area contributed by atoms with Crippen molar-refractivity contribution in [3.05, 3.63) is 47.5 Å². The largest absolute Gasteiger partial charge is 0.106 e. The van der Waals surface area contributed by atoms with Gasteiger partial charge in [-0.15, -0.1) is 13.2 Å². The van der Waals surface area contributed by atoms with Gasteiger partial charge in [0.2, 0.25) is 0 Å². The quantitative estimate of drug-likeness (QED) is 0.510. The maximum Gasteiger partial charge on any atom is -0.0395 e. The van der Waals surface area contributed by atoms with Crippen molar-refractivity contribution in [3.8, 4) is 0 Å². The topological polar surface area (TPSA) is 0 Å². The zero-order chi connectivity index (χ0) is 9.72. The Morgan fingerprint density at radius 3 is 1.00 bits per heavy atom. The van der Waals surface area contributed by atoms with Gasteiger partial charge in [0.05, 0.1) is 0 Å². The van der Waals surface area contributed by atoms with Gasteiger partial charge >= 0.3 is 0 Å². The lowest BCUT2D eigenvalue weighted by Gasteiger charge is -2.04. The molecule has 0 heteroatoms. The van der Waals surface area contributed by atoms with Gasteiger partial charge in [-0.25, -0.2) is 0 Å². The first-order chi connectivity index (χ1) is 5.61. The smallest absolute Gasteiger partial charge is 0.0395 e. The summed E-state index contributed by atoms with van der Waals surface area (Å²) in [4.78, 5) is 0. The maximum atomic E-state index is 3.00. The van der Waals surface area contributed by atoms with Gasteiger partial charge in [0, 0.05) is 0 Å². The molecule has 1 rings (SSSR count). The molecule has 0 N–H and O–H groups in total. The highest BCUT2D eigenvalue weighted by Gasteiger charge is 1.95. The Morgan fingerprint density at radius 2 is 0.833 bits per heavy atom. The van der Waals surface area contributed by atoms with E-state index in [1.54, 1.807) is 0 Å². The minimum absolute atomic E-state index is 1.39. The molecular formula is C12H18. The fourth-order valence-corrected chi connectivity index (χ4v) is 1.10. The maximum absolute atomic E-state index is 3.00. The van der Waals surface area contributed by atoms with Crippen molar-refractivity contribution in [2.75, 3.05) is 0 Å². The van der Waals surface area contributed by atoms with Crippen molar-refractivity contribution in [1.82, 2.24) is 0 Å². The number of aryl methyl sites for hydroxylation is 4. The first kappa shape index (κ1) is 11.0. The Morgan fingerprint density at radius 1 is 0.667 bits per heavy atom. The predicted octanol–water partition coefficient (Wildman–Crippen LogP) is 3.72. The van der Waals surface area contributed by atoms with Crippen LogP contribution in [0.4, 0.5) is 0 Å². The fourth-order valence-electron chi connectivity index (χ4n) is 1.10. The average Bonchev–Trinajstić information content (AvgIpc) is 2.05. The van der Waals surface area contributed by atoms with E-state index in [0.717, 1.165) is 0 Å². The zero-order valence-corrected chi connectivity index (χ0v) is 8.57. The van der Waals surface area contributed by atoms with Gasteiger partial charge in [-0.2, -0.15) is 0 Å².